The van der Waals surface area contributed by atoms with Gasteiger partial charge in [-0.05, 0) is 69.4 Å². The lowest BCUT2D eigenvalue weighted by Crippen LogP contribution is -2.27. The molecular weight excluding hydrogens is 312 g/mol. The number of sulfonamides is 1. The van der Waals surface area contributed by atoms with E-state index < -0.39 is 10.0 Å². The van der Waals surface area contributed by atoms with Gasteiger partial charge in [-0.3, -0.25) is 0 Å². The van der Waals surface area contributed by atoms with Crippen LogP contribution in [0.15, 0.2) is 11.2 Å². The summed E-state index contributed by atoms with van der Waals surface area (Å²) in [5, 5.41) is 7.78. The van der Waals surface area contributed by atoms with E-state index in [4.69, 9.17) is 0 Å². The maximum Gasteiger partial charge on any atom is 0.241 e. The van der Waals surface area contributed by atoms with Gasteiger partial charge in [0.15, 0.2) is 0 Å². The zero-order chi connectivity index (χ0) is 17.4. The molecule has 1 N–H and O–H groups in total. The van der Waals surface area contributed by atoms with Crippen LogP contribution in [0.1, 0.15) is 40.6 Å². The van der Waals surface area contributed by atoms with Gasteiger partial charge in [0.2, 0.25) is 10.0 Å². The Morgan fingerprint density at radius 1 is 1.00 bits per heavy atom. The molecule has 0 aliphatic carbocycles. The molecule has 0 amide bonds. The standard InChI is InChI=1S/C16H24N4O2S/c1-7-20-9-17-19-15(20)8-18-23(21,22)16-13(5)11(3)10(2)12(4)14(16)6/h9,18H,7-8H2,1-6H3. The molecule has 1 heterocycles. The highest BCUT2D eigenvalue weighted by Gasteiger charge is 2.23. The van der Waals surface area contributed by atoms with Gasteiger partial charge < -0.3 is 4.57 Å². The van der Waals surface area contributed by atoms with Gasteiger partial charge in [0.05, 0.1) is 11.4 Å². The molecule has 1 aromatic carbocycles. The van der Waals surface area contributed by atoms with Crippen molar-refractivity contribution < 1.29 is 8.42 Å². The van der Waals surface area contributed by atoms with E-state index in [2.05, 4.69) is 14.9 Å². The molecule has 0 radical (unpaired) electrons. The highest BCUT2D eigenvalue weighted by atomic mass is 32.2. The van der Waals surface area contributed by atoms with Gasteiger partial charge in [-0.1, -0.05) is 0 Å². The third-order valence-corrected chi connectivity index (χ3v) is 6.33. The molecule has 7 heteroatoms. The van der Waals surface area contributed by atoms with Crippen LogP contribution in [-0.4, -0.2) is 23.2 Å². The first kappa shape index (κ1) is 17.6. The van der Waals surface area contributed by atoms with E-state index in [1.54, 1.807) is 6.33 Å². The van der Waals surface area contributed by atoms with E-state index in [-0.39, 0.29) is 6.54 Å². The summed E-state index contributed by atoms with van der Waals surface area (Å²) in [5.41, 5.74) is 4.78. The minimum atomic E-state index is -3.62. The highest BCUT2D eigenvalue weighted by Crippen LogP contribution is 2.29. The lowest BCUT2D eigenvalue weighted by Gasteiger charge is -2.19. The molecular formula is C16H24N4O2S. The van der Waals surface area contributed by atoms with E-state index in [0.717, 1.165) is 27.8 Å². The van der Waals surface area contributed by atoms with E-state index in [0.29, 0.717) is 17.3 Å². The molecule has 0 fully saturated rings. The Hall–Kier alpha value is -1.73. The van der Waals surface area contributed by atoms with Crippen molar-refractivity contribution in [1.29, 1.82) is 0 Å². The number of hydrogen-bond acceptors (Lipinski definition) is 4. The summed E-state index contributed by atoms with van der Waals surface area (Å²) in [6, 6.07) is 0. The topological polar surface area (TPSA) is 76.9 Å². The number of nitrogens with one attached hydrogen (secondary N) is 1. The molecule has 23 heavy (non-hydrogen) atoms. The Morgan fingerprint density at radius 3 is 2.04 bits per heavy atom. The second kappa shape index (κ2) is 6.41. The molecule has 0 aliphatic rings. The predicted molar refractivity (Wildman–Crippen MR) is 89.8 cm³/mol. The van der Waals surface area contributed by atoms with Crippen LogP contribution in [0.4, 0.5) is 0 Å². The van der Waals surface area contributed by atoms with Crippen molar-refractivity contribution >= 4 is 10.0 Å². The fourth-order valence-corrected chi connectivity index (χ4v) is 4.36. The van der Waals surface area contributed by atoms with Crippen molar-refractivity contribution in [3.63, 3.8) is 0 Å². The summed E-state index contributed by atoms with van der Waals surface area (Å²) < 4.78 is 30.1. The SMILES string of the molecule is CCn1cnnc1CNS(=O)(=O)c1c(C)c(C)c(C)c(C)c1C. The van der Waals surface area contributed by atoms with Crippen LogP contribution < -0.4 is 4.72 Å². The van der Waals surface area contributed by atoms with Crippen molar-refractivity contribution in [3.05, 3.63) is 40.0 Å². The Kier molecular flexibility index (Phi) is 4.91. The Bertz CT molecular complexity index is 809. The maximum atomic E-state index is 12.8. The van der Waals surface area contributed by atoms with Gasteiger partial charge in [-0.2, -0.15) is 0 Å². The summed E-state index contributed by atoms with van der Waals surface area (Å²) in [6.45, 7) is 12.5. The molecule has 6 nitrogen and oxygen atoms in total. The van der Waals surface area contributed by atoms with Crippen molar-refractivity contribution in [3.8, 4) is 0 Å². The quantitative estimate of drug-likeness (QED) is 0.909. The van der Waals surface area contributed by atoms with Gasteiger partial charge in [0.25, 0.3) is 0 Å². The van der Waals surface area contributed by atoms with E-state index in [9.17, 15) is 8.42 Å². The van der Waals surface area contributed by atoms with Crippen molar-refractivity contribution in [2.24, 2.45) is 0 Å². The first-order valence-electron chi connectivity index (χ1n) is 7.64. The largest absolute Gasteiger partial charge is 0.317 e. The van der Waals surface area contributed by atoms with Crippen LogP contribution in [0.5, 0.6) is 0 Å². The molecule has 0 unspecified atom stereocenters. The van der Waals surface area contributed by atoms with Gasteiger partial charge >= 0.3 is 0 Å². The average Bonchev–Trinajstić information content (AvgIpc) is 2.96. The normalized spacial score (nSPS) is 11.9. The minimum absolute atomic E-state index is 0.126. The maximum absolute atomic E-state index is 12.8. The Balaban J connectivity index is 2.41. The molecule has 0 saturated carbocycles. The summed E-state index contributed by atoms with van der Waals surface area (Å²) in [7, 11) is -3.62. The minimum Gasteiger partial charge on any atom is -0.317 e. The van der Waals surface area contributed by atoms with Crippen molar-refractivity contribution in [2.75, 3.05) is 0 Å². The van der Waals surface area contributed by atoms with Gasteiger partial charge in [0, 0.05) is 6.54 Å². The van der Waals surface area contributed by atoms with E-state index in [1.165, 1.54) is 0 Å². The third kappa shape index (κ3) is 3.16. The third-order valence-electron chi connectivity index (χ3n) is 4.66. The predicted octanol–water partition coefficient (Wildman–Crippen LogP) is 2.32. The number of rotatable bonds is 5. The first-order chi connectivity index (χ1) is 10.7. The fourth-order valence-electron chi connectivity index (χ4n) is 2.78. The van der Waals surface area contributed by atoms with Crippen molar-refractivity contribution in [2.45, 2.75) is 59.5 Å². The monoisotopic (exact) mass is 336 g/mol. The molecule has 0 saturated heterocycles. The summed E-state index contributed by atoms with van der Waals surface area (Å²) in [4.78, 5) is 0.376. The van der Waals surface area contributed by atoms with Crippen LogP contribution in [-0.2, 0) is 23.1 Å². The number of benzene rings is 1. The molecule has 0 atom stereocenters. The lowest BCUT2D eigenvalue weighted by atomic mass is 9.95. The zero-order valence-corrected chi connectivity index (χ0v) is 15.4. The van der Waals surface area contributed by atoms with Crippen LogP contribution >= 0.6 is 0 Å². The Labute approximate surface area is 138 Å². The van der Waals surface area contributed by atoms with E-state index in [1.807, 2.05) is 46.1 Å². The van der Waals surface area contributed by atoms with Gasteiger partial charge in [0.1, 0.15) is 12.2 Å². The summed E-state index contributed by atoms with van der Waals surface area (Å²) >= 11 is 0. The molecule has 126 valence electrons. The summed E-state index contributed by atoms with van der Waals surface area (Å²) in [5.74, 6) is 0.604. The van der Waals surface area contributed by atoms with Crippen LogP contribution in [0.2, 0.25) is 0 Å². The molecule has 0 bridgehead atoms. The number of aryl methyl sites for hydroxylation is 1. The van der Waals surface area contributed by atoms with E-state index >= 15 is 0 Å². The highest BCUT2D eigenvalue weighted by molar-refractivity contribution is 7.89. The lowest BCUT2D eigenvalue weighted by molar-refractivity contribution is 0.573. The number of hydrogen-bond donors (Lipinski definition) is 1. The number of nitrogens with zero attached hydrogens (tertiary/aromatic N) is 3. The molecule has 0 aliphatic heterocycles. The first-order valence-corrected chi connectivity index (χ1v) is 9.12. The second-order valence-corrected chi connectivity index (χ2v) is 7.52. The summed E-state index contributed by atoms with van der Waals surface area (Å²) in [6.07, 6.45) is 1.60. The zero-order valence-electron chi connectivity index (χ0n) is 14.6. The molecule has 2 aromatic rings. The van der Waals surface area contributed by atoms with Crippen molar-refractivity contribution in [1.82, 2.24) is 19.5 Å². The van der Waals surface area contributed by atoms with Crippen LogP contribution in [0.3, 0.4) is 0 Å². The van der Waals surface area contributed by atoms with Crippen LogP contribution in [0, 0.1) is 34.6 Å². The average molecular weight is 336 g/mol. The molecule has 2 rings (SSSR count). The van der Waals surface area contributed by atoms with Crippen LogP contribution in [0.25, 0.3) is 0 Å². The van der Waals surface area contributed by atoms with Gasteiger partial charge in [-0.15, -0.1) is 10.2 Å². The Morgan fingerprint density at radius 2 is 1.52 bits per heavy atom. The number of aromatic nitrogens is 3. The molecule has 0 spiro atoms. The van der Waals surface area contributed by atoms with Gasteiger partial charge in [-0.25, -0.2) is 13.1 Å². The molecule has 1 aromatic heterocycles. The smallest absolute Gasteiger partial charge is 0.241 e. The fraction of sp³-hybridized carbons (Fsp3) is 0.500. The second-order valence-electron chi connectivity index (χ2n) is 5.81.